The van der Waals surface area contributed by atoms with E-state index in [1.807, 2.05) is 85.3 Å². The van der Waals surface area contributed by atoms with Crippen LogP contribution in [0.4, 0.5) is 0 Å². The second-order valence-electron chi connectivity index (χ2n) is 41.4. The highest BCUT2D eigenvalue weighted by Gasteiger charge is 2.43. The summed E-state index contributed by atoms with van der Waals surface area (Å²) in [5, 5.41) is 15.1. The Balaban J connectivity index is 0.000000108. The molecule has 3 aliphatic carbocycles. The van der Waals surface area contributed by atoms with Gasteiger partial charge in [0.05, 0.1) is 67.3 Å². The molecule has 3 aliphatic rings. The van der Waals surface area contributed by atoms with E-state index in [1.165, 1.54) is 148 Å². The summed E-state index contributed by atoms with van der Waals surface area (Å²) in [5.41, 5.74) is 41.1. The van der Waals surface area contributed by atoms with E-state index in [0.717, 1.165) is 123 Å². The SMILES string of the molecule is CC1(C)c2ccccc2-c2c1c1c(c3ccccc23)c2ccccc2n1-c1ncc(-c2cc(-c3ccccc3)nc(-c3ccccc3)n2)cn1.CC1(C)c2ccccc2-c2c1c1c3ccccc3n(-c3ccc(-c4cc(-c5ccccc5)nc(-c5ccccc5)c4)cn3)c1c1ccccc21.CC1(C)c2ccccc2-c2cc3c(cc21)c1cc2ccccc2cc1n3-c1ccc(-c2cc(-c3ccccc3)nc(-c3ccccc3)c2)cc1. The van der Waals surface area contributed by atoms with E-state index >= 15 is 0 Å². The Bertz CT molecular complexity index is 9930. The minimum atomic E-state index is -0.233. The van der Waals surface area contributed by atoms with Crippen LogP contribution < -0.4 is 0 Å². The van der Waals surface area contributed by atoms with Crippen molar-refractivity contribution in [3.63, 3.8) is 0 Å². The quantitative estimate of drug-likeness (QED) is 0.120. The first-order chi connectivity index (χ1) is 73.7. The normalized spacial score (nSPS) is 13.2. The van der Waals surface area contributed by atoms with Gasteiger partial charge in [0.2, 0.25) is 5.95 Å². The van der Waals surface area contributed by atoms with E-state index in [2.05, 4.69) is 456 Å². The van der Waals surface area contributed by atoms with Crippen molar-refractivity contribution in [3.8, 4) is 152 Å². The highest BCUT2D eigenvalue weighted by molar-refractivity contribution is 6.28. The summed E-state index contributed by atoms with van der Waals surface area (Å²) >= 11 is 0. The molecule has 0 unspecified atom stereocenters. The molecule has 0 amide bonds. The summed E-state index contributed by atoms with van der Waals surface area (Å²) in [6.45, 7) is 14.2. The number of pyridine rings is 3. The van der Waals surface area contributed by atoms with Crippen molar-refractivity contribution in [2.24, 2.45) is 0 Å². The number of benzene rings is 19. The molecule has 150 heavy (non-hydrogen) atoms. The van der Waals surface area contributed by atoms with Gasteiger partial charge in [-0.2, -0.15) is 0 Å². The van der Waals surface area contributed by atoms with Crippen molar-refractivity contribution in [2.45, 2.75) is 57.8 Å². The maximum Gasteiger partial charge on any atom is 0.234 e. The van der Waals surface area contributed by atoms with E-state index in [-0.39, 0.29) is 16.2 Å². The highest BCUT2D eigenvalue weighted by atomic mass is 15.2. The minimum absolute atomic E-state index is 0.0607. The predicted molar refractivity (Wildman–Crippen MR) is 621 cm³/mol. The van der Waals surface area contributed by atoms with Gasteiger partial charge in [0, 0.05) is 123 Å². The third-order valence-electron chi connectivity index (χ3n) is 31.6. The molecule has 0 bridgehead atoms. The van der Waals surface area contributed by atoms with Crippen LogP contribution in [0.15, 0.2) is 486 Å². The number of hydrogen-bond acceptors (Lipinski definition) is 7. The van der Waals surface area contributed by atoms with Gasteiger partial charge < -0.3 is 4.57 Å². The Morgan fingerprint density at radius 3 is 1.12 bits per heavy atom. The Morgan fingerprint density at radius 2 is 0.587 bits per heavy atom. The van der Waals surface area contributed by atoms with Gasteiger partial charge in [-0.05, 0) is 201 Å². The second kappa shape index (κ2) is 35.2. The lowest BCUT2D eigenvalue weighted by atomic mass is 9.79. The van der Waals surface area contributed by atoms with Gasteiger partial charge in [-0.1, -0.05) is 418 Å². The van der Waals surface area contributed by atoms with E-state index in [9.17, 15) is 0 Å². The average Bonchev–Trinajstić information content (AvgIpc) is 1.52. The summed E-state index contributed by atoms with van der Waals surface area (Å²) < 4.78 is 7.12. The fourth-order valence-corrected chi connectivity index (χ4v) is 24.6. The lowest BCUT2D eigenvalue weighted by molar-refractivity contribution is 0.661. The molecule has 19 aromatic carbocycles. The summed E-state index contributed by atoms with van der Waals surface area (Å²) in [7, 11) is 0. The zero-order valence-corrected chi connectivity index (χ0v) is 83.7. The Hall–Kier alpha value is -19.0. The van der Waals surface area contributed by atoms with Crippen LogP contribution in [0.5, 0.6) is 0 Å². The van der Waals surface area contributed by atoms with E-state index in [1.54, 1.807) is 0 Å². The molecule has 0 fully saturated rings. The van der Waals surface area contributed by atoms with Crippen molar-refractivity contribution >= 4 is 97.7 Å². The molecule has 0 N–H and O–H groups in total. The zero-order chi connectivity index (χ0) is 100. The smallest absolute Gasteiger partial charge is 0.234 e. The molecule has 30 rings (SSSR count). The van der Waals surface area contributed by atoms with Crippen LogP contribution in [-0.4, -0.2) is 48.6 Å². The molecule has 708 valence electrons. The van der Waals surface area contributed by atoms with Gasteiger partial charge in [0.25, 0.3) is 0 Å². The maximum atomic E-state index is 5.22. The summed E-state index contributed by atoms with van der Waals surface area (Å²) in [5.74, 6) is 2.20. The van der Waals surface area contributed by atoms with Crippen LogP contribution in [0.25, 0.3) is 250 Å². The van der Waals surface area contributed by atoms with Crippen LogP contribution >= 0.6 is 0 Å². The summed E-state index contributed by atoms with van der Waals surface area (Å²) in [4.78, 5) is 35.6. The first kappa shape index (κ1) is 88.7. The van der Waals surface area contributed by atoms with E-state index in [4.69, 9.17) is 34.9 Å². The molecule has 8 aromatic heterocycles. The van der Waals surface area contributed by atoms with Gasteiger partial charge in [-0.3, -0.25) is 9.13 Å². The molecular formula is C140H98N10. The van der Waals surface area contributed by atoms with Gasteiger partial charge in [-0.25, -0.2) is 34.9 Å². The van der Waals surface area contributed by atoms with Crippen molar-refractivity contribution in [2.75, 3.05) is 0 Å². The van der Waals surface area contributed by atoms with Crippen LogP contribution in [-0.2, 0) is 16.2 Å². The van der Waals surface area contributed by atoms with Crippen LogP contribution in [0.1, 0.15) is 74.9 Å². The van der Waals surface area contributed by atoms with Crippen molar-refractivity contribution in [3.05, 3.63) is 519 Å². The molecular weight excluding hydrogens is 1820 g/mol. The fraction of sp³-hybridized carbons (Fsp3) is 0.0643. The molecule has 0 saturated heterocycles. The molecule has 0 aliphatic heterocycles. The number of para-hydroxylation sites is 2. The third kappa shape index (κ3) is 14.4. The van der Waals surface area contributed by atoms with E-state index in [0.29, 0.717) is 11.8 Å². The van der Waals surface area contributed by atoms with Gasteiger partial charge in [0.15, 0.2) is 5.82 Å². The lowest BCUT2D eigenvalue weighted by Crippen LogP contribution is -2.17. The molecule has 27 aromatic rings. The number of aromatic nitrogens is 10. The largest absolute Gasteiger partial charge is 0.309 e. The first-order valence-electron chi connectivity index (χ1n) is 51.6. The average molecular weight is 1920 g/mol. The predicted octanol–water partition coefficient (Wildman–Crippen LogP) is 35.5. The number of rotatable bonds is 12. The Kier molecular flexibility index (Phi) is 20.8. The first-order valence-corrected chi connectivity index (χ1v) is 51.6. The molecule has 0 radical (unpaired) electrons. The number of hydrogen-bond donors (Lipinski definition) is 0. The van der Waals surface area contributed by atoms with Crippen molar-refractivity contribution in [1.82, 2.24) is 48.6 Å². The number of nitrogens with zero attached hydrogens (tertiary/aromatic N) is 10. The second-order valence-corrected chi connectivity index (χ2v) is 41.4. The highest BCUT2D eigenvalue weighted by Crippen LogP contribution is 2.60. The summed E-state index contributed by atoms with van der Waals surface area (Å²) in [6.07, 6.45) is 5.82. The van der Waals surface area contributed by atoms with Crippen LogP contribution in [0, 0.1) is 0 Å². The Labute approximate surface area is 869 Å². The fourth-order valence-electron chi connectivity index (χ4n) is 24.6. The van der Waals surface area contributed by atoms with Crippen molar-refractivity contribution < 1.29 is 0 Å². The lowest BCUT2D eigenvalue weighted by Gasteiger charge is -2.24. The molecule has 10 heteroatoms. The minimum Gasteiger partial charge on any atom is -0.309 e. The standard InChI is InChI=1S/C48H34N2.C47H33N3.C45H31N5/c1-48(2)42-20-12-11-19-38(42)39-30-47-41(29-43(39)48)40-25-34-17-9-10-18-35(34)28-46(40)50(47)37-23-21-31(22-24-37)36-26-44(32-13-5-3-6-14-32)49-45(27-36)33-15-7-4-8-16-33;1-47(2)38-23-13-11-21-36(38)43-34-19-9-10-20-35(34)46-44(45(43)47)37-22-12-14-24-41(37)50(46)42-26-25-32(29-48-42)33-27-39(30-15-5-3-6-16-30)49-40(28-33)31-17-7-4-8-18-31;1-45(2)35-23-13-11-21-33(35)39-31-19-9-10-20-32(31)40-34-22-12-14-24-38(34)50(42(40)41(39)45)44-46-26-30(27-47-44)37-25-36(28-15-5-3-6-16-28)48-43(49-37)29-17-7-4-8-18-29/h3-30H,1-2H3;3-29H,1-2H3;3-27H,1-2H3. The summed E-state index contributed by atoms with van der Waals surface area (Å²) in [6, 6.07) is 167. The van der Waals surface area contributed by atoms with Gasteiger partial charge in [-0.15, -0.1) is 0 Å². The monoisotopic (exact) mass is 1920 g/mol. The molecule has 0 saturated carbocycles. The van der Waals surface area contributed by atoms with Gasteiger partial charge >= 0.3 is 0 Å². The third-order valence-corrected chi connectivity index (χ3v) is 31.6. The zero-order valence-electron chi connectivity index (χ0n) is 83.7. The van der Waals surface area contributed by atoms with Crippen molar-refractivity contribution in [1.29, 1.82) is 0 Å². The number of fused-ring (bicyclic) bond motifs is 27. The van der Waals surface area contributed by atoms with Gasteiger partial charge in [0.1, 0.15) is 5.82 Å². The molecule has 0 atom stereocenters. The van der Waals surface area contributed by atoms with Crippen LogP contribution in [0.2, 0.25) is 0 Å². The van der Waals surface area contributed by atoms with Crippen LogP contribution in [0.3, 0.4) is 0 Å². The topological polar surface area (TPSA) is 105 Å². The maximum absolute atomic E-state index is 5.22. The molecule has 0 spiro atoms. The molecule has 8 heterocycles. The van der Waals surface area contributed by atoms with E-state index < -0.39 is 0 Å². The molecule has 10 nitrogen and oxygen atoms in total. The Morgan fingerprint density at radius 1 is 0.200 bits per heavy atom.